The number of rotatable bonds is 3. The molecule has 1 unspecified atom stereocenters. The molecule has 0 saturated heterocycles. The molecule has 0 saturated carbocycles. The molecule has 3 heterocycles. The highest BCUT2D eigenvalue weighted by Gasteiger charge is 2.25. The predicted octanol–water partition coefficient (Wildman–Crippen LogP) is 2.27. The van der Waals surface area contributed by atoms with E-state index in [0.29, 0.717) is 0 Å². The summed E-state index contributed by atoms with van der Waals surface area (Å²) in [6, 6.07) is 9.83. The number of aryl methyl sites for hydroxylation is 1. The SMILES string of the molecule is O=C(Nc1cnn(-c2ccccc2)c1)C1CCn2cncc2C1. The Morgan fingerprint density at radius 2 is 2.09 bits per heavy atom. The number of carbonyl (C=O) groups is 1. The zero-order valence-electron chi connectivity index (χ0n) is 12.6. The number of carbonyl (C=O) groups excluding carboxylic acids is 1. The molecule has 0 spiro atoms. The third-order valence-corrected chi connectivity index (χ3v) is 4.21. The van der Waals surface area contributed by atoms with Crippen LogP contribution in [0.1, 0.15) is 12.1 Å². The molecule has 4 rings (SSSR count). The fourth-order valence-electron chi connectivity index (χ4n) is 2.95. The molecular formula is C17H17N5O. The summed E-state index contributed by atoms with van der Waals surface area (Å²) >= 11 is 0. The molecular weight excluding hydrogens is 290 g/mol. The van der Waals surface area contributed by atoms with Crippen LogP contribution in [-0.2, 0) is 17.8 Å². The van der Waals surface area contributed by atoms with Gasteiger partial charge in [-0.1, -0.05) is 18.2 Å². The Bertz CT molecular complexity index is 820. The maximum Gasteiger partial charge on any atom is 0.228 e. The van der Waals surface area contributed by atoms with Crippen LogP contribution < -0.4 is 5.32 Å². The van der Waals surface area contributed by atoms with Crippen LogP contribution in [0, 0.1) is 5.92 Å². The standard InChI is InChI=1S/C17H17N5O/c23-17(13-6-7-21-12-18-10-16(21)8-13)20-14-9-19-22(11-14)15-4-2-1-3-5-15/h1-5,9-13H,6-8H2,(H,20,23). The van der Waals surface area contributed by atoms with Crippen molar-refractivity contribution in [1.29, 1.82) is 0 Å². The molecule has 23 heavy (non-hydrogen) atoms. The van der Waals surface area contributed by atoms with Gasteiger partial charge in [0, 0.05) is 30.8 Å². The van der Waals surface area contributed by atoms with Gasteiger partial charge in [-0.05, 0) is 18.6 Å². The van der Waals surface area contributed by atoms with Gasteiger partial charge in [0.1, 0.15) is 0 Å². The van der Waals surface area contributed by atoms with Crippen molar-refractivity contribution < 1.29 is 4.79 Å². The number of hydrogen-bond donors (Lipinski definition) is 1. The Balaban J connectivity index is 1.45. The molecule has 3 aromatic rings. The van der Waals surface area contributed by atoms with Gasteiger partial charge < -0.3 is 9.88 Å². The fourth-order valence-corrected chi connectivity index (χ4v) is 2.95. The van der Waals surface area contributed by atoms with Crippen molar-refractivity contribution >= 4 is 11.6 Å². The number of aromatic nitrogens is 4. The predicted molar refractivity (Wildman–Crippen MR) is 86.2 cm³/mol. The van der Waals surface area contributed by atoms with Crippen LogP contribution in [0.2, 0.25) is 0 Å². The first-order valence-electron chi connectivity index (χ1n) is 7.69. The minimum atomic E-state index is -0.0146. The van der Waals surface area contributed by atoms with Crippen LogP contribution in [0.3, 0.4) is 0 Å². The molecule has 1 atom stereocenters. The van der Waals surface area contributed by atoms with Crippen molar-refractivity contribution in [3.8, 4) is 5.69 Å². The van der Waals surface area contributed by atoms with E-state index in [0.717, 1.165) is 36.5 Å². The Kier molecular flexibility index (Phi) is 3.42. The van der Waals surface area contributed by atoms with Gasteiger partial charge in [0.25, 0.3) is 0 Å². The van der Waals surface area contributed by atoms with Crippen molar-refractivity contribution in [2.24, 2.45) is 5.92 Å². The van der Waals surface area contributed by atoms with Gasteiger partial charge in [0.15, 0.2) is 0 Å². The lowest BCUT2D eigenvalue weighted by atomic mass is 9.95. The Morgan fingerprint density at radius 1 is 1.22 bits per heavy atom. The van der Waals surface area contributed by atoms with E-state index in [2.05, 4.69) is 20.0 Å². The van der Waals surface area contributed by atoms with E-state index >= 15 is 0 Å². The summed E-state index contributed by atoms with van der Waals surface area (Å²) in [7, 11) is 0. The molecule has 1 aliphatic heterocycles. The highest BCUT2D eigenvalue weighted by atomic mass is 16.1. The van der Waals surface area contributed by atoms with Crippen molar-refractivity contribution in [1.82, 2.24) is 19.3 Å². The molecule has 116 valence electrons. The molecule has 1 amide bonds. The molecule has 0 bridgehead atoms. The highest BCUT2D eigenvalue weighted by molar-refractivity contribution is 5.92. The first-order valence-corrected chi connectivity index (χ1v) is 7.69. The largest absolute Gasteiger partial charge is 0.335 e. The number of benzene rings is 1. The van der Waals surface area contributed by atoms with Crippen molar-refractivity contribution in [3.05, 3.63) is 60.9 Å². The third-order valence-electron chi connectivity index (χ3n) is 4.21. The smallest absolute Gasteiger partial charge is 0.228 e. The lowest BCUT2D eigenvalue weighted by molar-refractivity contribution is -0.120. The van der Waals surface area contributed by atoms with Gasteiger partial charge in [-0.2, -0.15) is 5.10 Å². The van der Waals surface area contributed by atoms with Gasteiger partial charge in [0.05, 0.1) is 30.1 Å². The zero-order valence-corrected chi connectivity index (χ0v) is 12.6. The lowest BCUT2D eigenvalue weighted by Crippen LogP contribution is -2.29. The van der Waals surface area contributed by atoms with E-state index in [1.807, 2.05) is 49.1 Å². The molecule has 6 nitrogen and oxygen atoms in total. The highest BCUT2D eigenvalue weighted by Crippen LogP contribution is 2.21. The number of amides is 1. The third kappa shape index (κ3) is 2.75. The number of nitrogens with zero attached hydrogens (tertiary/aromatic N) is 4. The second kappa shape index (κ2) is 5.72. The van der Waals surface area contributed by atoms with Crippen molar-refractivity contribution in [2.45, 2.75) is 19.4 Å². The fraction of sp³-hybridized carbons (Fsp3) is 0.235. The maximum absolute atomic E-state index is 12.5. The number of fused-ring (bicyclic) bond motifs is 1. The quantitative estimate of drug-likeness (QED) is 0.807. The van der Waals surface area contributed by atoms with Gasteiger partial charge in [0.2, 0.25) is 5.91 Å². The number of para-hydroxylation sites is 1. The van der Waals surface area contributed by atoms with Crippen LogP contribution in [-0.4, -0.2) is 25.2 Å². The van der Waals surface area contributed by atoms with E-state index in [4.69, 9.17) is 0 Å². The average Bonchev–Trinajstić information content (AvgIpc) is 3.24. The average molecular weight is 307 g/mol. The van der Waals surface area contributed by atoms with Crippen LogP contribution in [0.4, 0.5) is 5.69 Å². The van der Waals surface area contributed by atoms with E-state index in [-0.39, 0.29) is 11.8 Å². The number of nitrogens with one attached hydrogen (secondary N) is 1. The summed E-state index contributed by atoms with van der Waals surface area (Å²) in [4.78, 5) is 16.6. The van der Waals surface area contributed by atoms with Gasteiger partial charge in [-0.15, -0.1) is 0 Å². The summed E-state index contributed by atoms with van der Waals surface area (Å²) in [5.74, 6) is 0.0318. The first-order chi connectivity index (χ1) is 11.3. The Morgan fingerprint density at radius 3 is 2.96 bits per heavy atom. The minimum Gasteiger partial charge on any atom is -0.335 e. The Labute approximate surface area is 133 Å². The summed E-state index contributed by atoms with van der Waals surface area (Å²) in [6.45, 7) is 0.844. The van der Waals surface area contributed by atoms with Gasteiger partial charge >= 0.3 is 0 Å². The zero-order chi connectivity index (χ0) is 15.6. The summed E-state index contributed by atoms with van der Waals surface area (Å²) in [5, 5.41) is 7.27. The lowest BCUT2D eigenvalue weighted by Gasteiger charge is -2.22. The first kappa shape index (κ1) is 13.8. The molecule has 0 radical (unpaired) electrons. The second-order valence-corrected chi connectivity index (χ2v) is 5.77. The van der Waals surface area contributed by atoms with E-state index in [1.165, 1.54) is 0 Å². The monoisotopic (exact) mass is 307 g/mol. The molecule has 6 heteroatoms. The van der Waals surface area contributed by atoms with E-state index < -0.39 is 0 Å². The normalized spacial score (nSPS) is 16.8. The summed E-state index contributed by atoms with van der Waals surface area (Å²) in [5.41, 5.74) is 2.81. The molecule has 0 fully saturated rings. The molecule has 1 aliphatic rings. The maximum atomic E-state index is 12.5. The number of imidazole rings is 1. The van der Waals surface area contributed by atoms with Gasteiger partial charge in [-0.25, -0.2) is 9.67 Å². The summed E-state index contributed by atoms with van der Waals surface area (Å²) < 4.78 is 3.86. The van der Waals surface area contributed by atoms with Crippen LogP contribution in [0.5, 0.6) is 0 Å². The Hall–Kier alpha value is -2.89. The van der Waals surface area contributed by atoms with E-state index in [1.54, 1.807) is 10.9 Å². The van der Waals surface area contributed by atoms with E-state index in [9.17, 15) is 4.79 Å². The number of anilines is 1. The minimum absolute atomic E-state index is 0.0146. The molecule has 2 aromatic heterocycles. The molecule has 0 aliphatic carbocycles. The summed E-state index contributed by atoms with van der Waals surface area (Å²) in [6.07, 6.45) is 8.75. The topological polar surface area (TPSA) is 64.7 Å². The second-order valence-electron chi connectivity index (χ2n) is 5.77. The van der Waals surface area contributed by atoms with Crippen LogP contribution >= 0.6 is 0 Å². The van der Waals surface area contributed by atoms with Crippen molar-refractivity contribution in [2.75, 3.05) is 5.32 Å². The van der Waals surface area contributed by atoms with Crippen molar-refractivity contribution in [3.63, 3.8) is 0 Å². The van der Waals surface area contributed by atoms with Gasteiger partial charge in [-0.3, -0.25) is 4.79 Å². The molecule has 1 aromatic carbocycles. The van der Waals surface area contributed by atoms with Crippen LogP contribution in [0.15, 0.2) is 55.2 Å². The number of hydrogen-bond acceptors (Lipinski definition) is 3. The molecule has 1 N–H and O–H groups in total. The van der Waals surface area contributed by atoms with Crippen LogP contribution in [0.25, 0.3) is 5.69 Å².